The van der Waals surface area contributed by atoms with Gasteiger partial charge in [-0.25, -0.2) is 4.68 Å². The highest BCUT2D eigenvalue weighted by Gasteiger charge is 2.18. The average Bonchev–Trinajstić information content (AvgIpc) is 2.92. The molecule has 0 radical (unpaired) electrons. The van der Waals surface area contributed by atoms with E-state index in [1.165, 1.54) is 16.9 Å². The standard InChI is InChI=1S/C12H14N6O3/c1-8-3-2-4-10(18(20)21)12(8)17-7-9(15-16-17)6-14-11(19)5-13/h2-4,7H,5-6,13H2,1H3,(H,14,19). The molecular weight excluding hydrogens is 276 g/mol. The Morgan fingerprint density at radius 2 is 2.29 bits per heavy atom. The quantitative estimate of drug-likeness (QED) is 0.591. The van der Waals surface area contributed by atoms with Gasteiger partial charge >= 0.3 is 0 Å². The number of nitrogens with one attached hydrogen (secondary N) is 1. The van der Waals surface area contributed by atoms with Crippen LogP contribution < -0.4 is 11.1 Å². The number of nitrogens with two attached hydrogens (primary N) is 1. The third-order valence-corrected chi connectivity index (χ3v) is 2.84. The van der Waals surface area contributed by atoms with Gasteiger partial charge < -0.3 is 11.1 Å². The number of hydrogen-bond donors (Lipinski definition) is 2. The average molecular weight is 290 g/mol. The Labute approximate surface area is 119 Å². The number of carbonyl (C=O) groups excluding carboxylic acids is 1. The monoisotopic (exact) mass is 290 g/mol. The lowest BCUT2D eigenvalue weighted by Gasteiger charge is -2.05. The molecule has 110 valence electrons. The maximum Gasteiger partial charge on any atom is 0.295 e. The second-order valence-electron chi connectivity index (χ2n) is 4.34. The van der Waals surface area contributed by atoms with Gasteiger partial charge in [0.05, 0.1) is 24.2 Å². The number of benzene rings is 1. The Bertz CT molecular complexity index is 681. The van der Waals surface area contributed by atoms with Gasteiger partial charge in [0.25, 0.3) is 5.69 Å². The molecule has 0 atom stereocenters. The molecule has 9 heteroatoms. The molecule has 21 heavy (non-hydrogen) atoms. The van der Waals surface area contributed by atoms with Crippen LogP contribution >= 0.6 is 0 Å². The fourth-order valence-corrected chi connectivity index (χ4v) is 1.84. The molecular formula is C12H14N6O3. The van der Waals surface area contributed by atoms with Crippen molar-refractivity contribution in [2.45, 2.75) is 13.5 Å². The normalized spacial score (nSPS) is 10.4. The van der Waals surface area contributed by atoms with Gasteiger partial charge in [0.2, 0.25) is 5.91 Å². The van der Waals surface area contributed by atoms with E-state index in [0.29, 0.717) is 16.9 Å². The minimum atomic E-state index is -0.472. The van der Waals surface area contributed by atoms with Crippen LogP contribution in [0.4, 0.5) is 5.69 Å². The maximum absolute atomic E-state index is 11.1. The van der Waals surface area contributed by atoms with Gasteiger partial charge in [-0.3, -0.25) is 14.9 Å². The summed E-state index contributed by atoms with van der Waals surface area (Å²) >= 11 is 0. The number of nitro groups is 1. The van der Waals surface area contributed by atoms with Crippen LogP contribution in [-0.4, -0.2) is 32.4 Å². The number of rotatable bonds is 5. The van der Waals surface area contributed by atoms with Crippen molar-refractivity contribution < 1.29 is 9.72 Å². The van der Waals surface area contributed by atoms with Crippen LogP contribution in [0.1, 0.15) is 11.3 Å². The Morgan fingerprint density at radius 3 is 2.95 bits per heavy atom. The number of aromatic nitrogens is 3. The second kappa shape index (κ2) is 6.09. The van der Waals surface area contributed by atoms with Crippen molar-refractivity contribution in [2.24, 2.45) is 5.73 Å². The topological polar surface area (TPSA) is 129 Å². The molecule has 0 aliphatic heterocycles. The van der Waals surface area contributed by atoms with E-state index in [0.717, 1.165) is 0 Å². The molecule has 1 aromatic carbocycles. The molecule has 1 aromatic heterocycles. The fourth-order valence-electron chi connectivity index (χ4n) is 1.84. The highest BCUT2D eigenvalue weighted by atomic mass is 16.6. The van der Waals surface area contributed by atoms with Gasteiger partial charge in [-0.1, -0.05) is 17.3 Å². The van der Waals surface area contributed by atoms with E-state index >= 15 is 0 Å². The Balaban J connectivity index is 2.30. The second-order valence-corrected chi connectivity index (χ2v) is 4.34. The van der Waals surface area contributed by atoms with E-state index in [9.17, 15) is 14.9 Å². The molecule has 3 N–H and O–H groups in total. The predicted molar refractivity (Wildman–Crippen MR) is 73.7 cm³/mol. The summed E-state index contributed by atoms with van der Waals surface area (Å²) in [5, 5.41) is 21.4. The van der Waals surface area contributed by atoms with Crippen LogP contribution in [0.25, 0.3) is 5.69 Å². The number of nitrogens with zero attached hydrogens (tertiary/aromatic N) is 4. The van der Waals surface area contributed by atoms with Gasteiger partial charge in [0, 0.05) is 6.07 Å². The molecule has 0 saturated heterocycles. The van der Waals surface area contributed by atoms with E-state index in [-0.39, 0.29) is 24.7 Å². The first-order valence-electron chi connectivity index (χ1n) is 6.15. The van der Waals surface area contributed by atoms with Gasteiger partial charge in [-0.15, -0.1) is 5.10 Å². The molecule has 0 saturated carbocycles. The van der Waals surface area contributed by atoms with Crippen molar-refractivity contribution in [2.75, 3.05) is 6.54 Å². The smallest absolute Gasteiger partial charge is 0.295 e. The number of hydrogen-bond acceptors (Lipinski definition) is 6. The molecule has 1 amide bonds. The van der Waals surface area contributed by atoms with Crippen molar-refractivity contribution in [1.29, 1.82) is 0 Å². The lowest BCUT2D eigenvalue weighted by molar-refractivity contribution is -0.384. The zero-order chi connectivity index (χ0) is 15.4. The molecule has 1 heterocycles. The summed E-state index contributed by atoms with van der Waals surface area (Å²) in [7, 11) is 0. The van der Waals surface area contributed by atoms with Crippen LogP contribution in [0.5, 0.6) is 0 Å². The zero-order valence-corrected chi connectivity index (χ0v) is 11.3. The van der Waals surface area contributed by atoms with Crippen LogP contribution in [0.15, 0.2) is 24.4 Å². The Kier molecular flexibility index (Phi) is 4.24. The summed E-state index contributed by atoms with van der Waals surface area (Å²) in [4.78, 5) is 21.7. The van der Waals surface area contributed by atoms with Crippen molar-refractivity contribution in [3.8, 4) is 5.69 Å². The maximum atomic E-state index is 11.1. The van der Waals surface area contributed by atoms with Gasteiger partial charge in [-0.2, -0.15) is 0 Å². The Hall–Kier alpha value is -2.81. The van der Waals surface area contributed by atoms with Crippen molar-refractivity contribution in [3.05, 3.63) is 45.8 Å². The summed E-state index contributed by atoms with van der Waals surface area (Å²) in [5.74, 6) is -0.313. The Morgan fingerprint density at radius 1 is 1.52 bits per heavy atom. The van der Waals surface area contributed by atoms with Crippen molar-refractivity contribution in [3.63, 3.8) is 0 Å². The van der Waals surface area contributed by atoms with Crippen molar-refractivity contribution >= 4 is 11.6 Å². The number of nitro benzene ring substituents is 1. The van der Waals surface area contributed by atoms with Gasteiger partial charge in [0.15, 0.2) is 0 Å². The highest BCUT2D eigenvalue weighted by molar-refractivity contribution is 5.77. The lowest BCUT2D eigenvalue weighted by Crippen LogP contribution is -2.29. The molecule has 0 bridgehead atoms. The summed E-state index contributed by atoms with van der Waals surface area (Å²) in [6.07, 6.45) is 1.53. The van der Waals surface area contributed by atoms with E-state index in [2.05, 4.69) is 15.6 Å². The third-order valence-electron chi connectivity index (χ3n) is 2.84. The first-order valence-corrected chi connectivity index (χ1v) is 6.15. The molecule has 2 aromatic rings. The molecule has 0 aliphatic rings. The zero-order valence-electron chi connectivity index (χ0n) is 11.3. The number of amides is 1. The highest BCUT2D eigenvalue weighted by Crippen LogP contribution is 2.25. The summed E-state index contributed by atoms with van der Waals surface area (Å²) in [6.45, 7) is 1.80. The minimum Gasteiger partial charge on any atom is -0.349 e. The molecule has 2 rings (SSSR count). The largest absolute Gasteiger partial charge is 0.349 e. The summed E-state index contributed by atoms with van der Waals surface area (Å²) in [6, 6.07) is 4.76. The third kappa shape index (κ3) is 3.20. The van der Waals surface area contributed by atoms with E-state index in [1.54, 1.807) is 19.1 Å². The fraction of sp³-hybridized carbons (Fsp3) is 0.250. The SMILES string of the molecule is Cc1cccc([N+](=O)[O-])c1-n1cc(CNC(=O)CN)nn1. The number of carbonyl (C=O) groups is 1. The van der Waals surface area contributed by atoms with Crippen LogP contribution in [0, 0.1) is 17.0 Å². The molecule has 0 unspecified atom stereocenters. The minimum absolute atomic E-state index is 0.0579. The van der Waals surface area contributed by atoms with Crippen LogP contribution in [0.3, 0.4) is 0 Å². The molecule has 9 nitrogen and oxygen atoms in total. The lowest BCUT2D eigenvalue weighted by atomic mass is 10.1. The van der Waals surface area contributed by atoms with Crippen LogP contribution in [-0.2, 0) is 11.3 Å². The molecule has 0 aliphatic carbocycles. The first-order chi connectivity index (χ1) is 10.0. The van der Waals surface area contributed by atoms with Gasteiger partial charge in [0.1, 0.15) is 11.4 Å². The molecule has 0 fully saturated rings. The number of para-hydroxylation sites is 1. The molecule has 0 spiro atoms. The first kappa shape index (κ1) is 14.6. The summed E-state index contributed by atoms with van der Waals surface area (Å²) < 4.78 is 1.33. The van der Waals surface area contributed by atoms with E-state index in [4.69, 9.17) is 5.73 Å². The van der Waals surface area contributed by atoms with E-state index < -0.39 is 4.92 Å². The van der Waals surface area contributed by atoms with E-state index in [1.807, 2.05) is 0 Å². The van der Waals surface area contributed by atoms with Gasteiger partial charge in [-0.05, 0) is 12.5 Å². The summed E-state index contributed by atoms with van der Waals surface area (Å²) in [5.41, 5.74) is 6.65. The number of aryl methyl sites for hydroxylation is 1. The van der Waals surface area contributed by atoms with Crippen molar-refractivity contribution in [1.82, 2.24) is 20.3 Å². The van der Waals surface area contributed by atoms with Crippen LogP contribution in [0.2, 0.25) is 0 Å². The predicted octanol–water partition coefficient (Wildman–Crippen LogP) is 0.0588.